The normalized spacial score (nSPS) is 9.54. The summed E-state index contributed by atoms with van der Waals surface area (Å²) >= 11 is 5.72. The van der Waals surface area contributed by atoms with Crippen molar-refractivity contribution in [1.29, 1.82) is 0 Å². The Bertz CT molecular complexity index is 395. The van der Waals surface area contributed by atoms with Crippen LogP contribution in [-0.4, -0.2) is 14.6 Å². The van der Waals surface area contributed by atoms with Gasteiger partial charge in [-0.15, -0.1) is 0 Å². The molecule has 0 bridgehead atoms. The summed E-state index contributed by atoms with van der Waals surface area (Å²) in [6, 6.07) is 1.80. The third-order valence-electron chi connectivity index (χ3n) is 1.51. The van der Waals surface area contributed by atoms with Gasteiger partial charge in [0.25, 0.3) is 0 Å². The van der Waals surface area contributed by atoms with Gasteiger partial charge in [-0.3, -0.25) is 0 Å². The SMILES string of the molecule is CC.Cc1cc(Cl)nn2ccnc12. The molecule has 0 aliphatic carbocycles. The number of halogens is 1. The van der Waals surface area contributed by atoms with Gasteiger partial charge in [0.2, 0.25) is 0 Å². The Balaban J connectivity index is 0.000000396. The molecule has 0 aromatic carbocycles. The van der Waals surface area contributed by atoms with Crippen LogP contribution in [0.3, 0.4) is 0 Å². The van der Waals surface area contributed by atoms with Gasteiger partial charge in [-0.25, -0.2) is 9.50 Å². The van der Waals surface area contributed by atoms with Crippen LogP contribution >= 0.6 is 11.6 Å². The molecule has 0 amide bonds. The molecule has 0 N–H and O–H groups in total. The molecule has 4 heteroatoms. The maximum absolute atomic E-state index is 5.72. The zero-order chi connectivity index (χ0) is 9.84. The Morgan fingerprint density at radius 1 is 1.38 bits per heavy atom. The molecule has 70 valence electrons. The number of hydrogen-bond donors (Lipinski definition) is 0. The molecule has 0 aliphatic heterocycles. The average molecular weight is 198 g/mol. The fourth-order valence-corrected chi connectivity index (χ4v) is 1.28. The largest absolute Gasteiger partial charge is 0.235 e. The first-order valence-corrected chi connectivity index (χ1v) is 4.61. The summed E-state index contributed by atoms with van der Waals surface area (Å²) in [5.74, 6) is 0. The zero-order valence-corrected chi connectivity index (χ0v) is 8.71. The quantitative estimate of drug-likeness (QED) is 0.650. The molecule has 0 fully saturated rings. The van der Waals surface area contributed by atoms with E-state index in [4.69, 9.17) is 11.6 Å². The van der Waals surface area contributed by atoms with Crippen molar-refractivity contribution in [1.82, 2.24) is 14.6 Å². The van der Waals surface area contributed by atoms with Gasteiger partial charge in [-0.2, -0.15) is 5.10 Å². The molecule has 3 nitrogen and oxygen atoms in total. The standard InChI is InChI=1S/C7H6ClN3.C2H6/c1-5-4-6(8)10-11-3-2-9-7(5)11;1-2/h2-4H,1H3;1-2H3. The van der Waals surface area contributed by atoms with E-state index >= 15 is 0 Å². The number of aromatic nitrogens is 3. The minimum atomic E-state index is 0.494. The molecule has 0 aliphatic rings. The zero-order valence-electron chi connectivity index (χ0n) is 7.95. The summed E-state index contributed by atoms with van der Waals surface area (Å²) in [7, 11) is 0. The molecule has 13 heavy (non-hydrogen) atoms. The summed E-state index contributed by atoms with van der Waals surface area (Å²) in [5.41, 5.74) is 1.89. The van der Waals surface area contributed by atoms with E-state index in [1.807, 2.05) is 20.8 Å². The van der Waals surface area contributed by atoms with Crippen LogP contribution < -0.4 is 0 Å². The summed E-state index contributed by atoms with van der Waals surface area (Å²) < 4.78 is 1.66. The first-order valence-electron chi connectivity index (χ1n) is 4.24. The van der Waals surface area contributed by atoms with E-state index in [0.717, 1.165) is 11.2 Å². The van der Waals surface area contributed by atoms with E-state index in [0.29, 0.717) is 5.15 Å². The third-order valence-corrected chi connectivity index (χ3v) is 1.70. The average Bonchev–Trinajstić information content (AvgIpc) is 2.55. The lowest BCUT2D eigenvalue weighted by molar-refractivity contribution is 0.928. The molecule has 0 spiro atoms. The summed E-state index contributed by atoms with van der Waals surface area (Å²) in [6.45, 7) is 5.95. The fraction of sp³-hybridized carbons (Fsp3) is 0.333. The summed E-state index contributed by atoms with van der Waals surface area (Å²) in [6.07, 6.45) is 3.47. The van der Waals surface area contributed by atoms with Gasteiger partial charge in [0.15, 0.2) is 5.65 Å². The third kappa shape index (κ3) is 1.98. The van der Waals surface area contributed by atoms with Gasteiger partial charge in [0.05, 0.1) is 0 Å². The van der Waals surface area contributed by atoms with E-state index in [2.05, 4.69) is 10.1 Å². The number of aryl methyl sites for hydroxylation is 1. The van der Waals surface area contributed by atoms with Gasteiger partial charge >= 0.3 is 0 Å². The Kier molecular flexibility index (Phi) is 3.25. The second-order valence-corrected chi connectivity index (χ2v) is 2.73. The van der Waals surface area contributed by atoms with E-state index in [1.165, 1.54) is 0 Å². The second-order valence-electron chi connectivity index (χ2n) is 2.35. The van der Waals surface area contributed by atoms with E-state index in [9.17, 15) is 0 Å². The maximum Gasteiger partial charge on any atom is 0.156 e. The smallest absolute Gasteiger partial charge is 0.156 e. The highest BCUT2D eigenvalue weighted by molar-refractivity contribution is 6.29. The highest BCUT2D eigenvalue weighted by Crippen LogP contribution is 2.10. The van der Waals surface area contributed by atoms with Crippen molar-refractivity contribution in [3.8, 4) is 0 Å². The predicted octanol–water partition coefficient (Wildman–Crippen LogP) is 2.72. The Morgan fingerprint density at radius 3 is 2.77 bits per heavy atom. The predicted molar refractivity (Wildman–Crippen MR) is 54.1 cm³/mol. The van der Waals surface area contributed by atoms with Crippen molar-refractivity contribution in [2.45, 2.75) is 20.8 Å². The molecule has 2 heterocycles. The van der Waals surface area contributed by atoms with Gasteiger partial charge in [0.1, 0.15) is 5.15 Å². The van der Waals surface area contributed by atoms with Gasteiger partial charge < -0.3 is 0 Å². The number of fused-ring (bicyclic) bond motifs is 1. The molecule has 0 saturated carbocycles. The van der Waals surface area contributed by atoms with Crippen LogP contribution in [0.4, 0.5) is 0 Å². The number of nitrogens with zero attached hydrogens (tertiary/aromatic N) is 3. The molecule has 0 saturated heterocycles. The Hall–Kier alpha value is -1.09. The highest BCUT2D eigenvalue weighted by Gasteiger charge is 1.99. The molecule has 0 atom stereocenters. The molecule has 2 rings (SSSR count). The van der Waals surface area contributed by atoms with Gasteiger partial charge in [-0.05, 0) is 18.6 Å². The highest BCUT2D eigenvalue weighted by atomic mass is 35.5. The van der Waals surface area contributed by atoms with Crippen LogP contribution in [-0.2, 0) is 0 Å². The Morgan fingerprint density at radius 2 is 2.08 bits per heavy atom. The molecular weight excluding hydrogens is 186 g/mol. The van der Waals surface area contributed by atoms with Crippen molar-refractivity contribution < 1.29 is 0 Å². The van der Waals surface area contributed by atoms with Crippen molar-refractivity contribution in [3.63, 3.8) is 0 Å². The number of hydrogen-bond acceptors (Lipinski definition) is 2. The van der Waals surface area contributed by atoms with E-state index in [-0.39, 0.29) is 0 Å². The van der Waals surface area contributed by atoms with Gasteiger partial charge in [-0.1, -0.05) is 25.4 Å². The van der Waals surface area contributed by atoms with Crippen LogP contribution in [0.5, 0.6) is 0 Å². The lowest BCUT2D eigenvalue weighted by Gasteiger charge is -1.96. The first-order chi connectivity index (χ1) is 6.27. The van der Waals surface area contributed by atoms with E-state index < -0.39 is 0 Å². The molecule has 2 aromatic heterocycles. The van der Waals surface area contributed by atoms with Crippen LogP contribution in [0.25, 0.3) is 5.65 Å². The minimum absolute atomic E-state index is 0.494. The second kappa shape index (κ2) is 4.23. The van der Waals surface area contributed by atoms with Crippen LogP contribution in [0.1, 0.15) is 19.4 Å². The summed E-state index contributed by atoms with van der Waals surface area (Å²) in [4.78, 5) is 4.10. The molecular formula is C9H12ClN3. The summed E-state index contributed by atoms with van der Waals surface area (Å²) in [5, 5.41) is 4.51. The topological polar surface area (TPSA) is 30.2 Å². The Labute approximate surface area is 82.4 Å². The maximum atomic E-state index is 5.72. The van der Waals surface area contributed by atoms with Gasteiger partial charge in [0, 0.05) is 12.4 Å². The minimum Gasteiger partial charge on any atom is -0.235 e. The van der Waals surface area contributed by atoms with Crippen LogP contribution in [0.2, 0.25) is 5.15 Å². The van der Waals surface area contributed by atoms with Crippen molar-refractivity contribution in [2.75, 3.05) is 0 Å². The van der Waals surface area contributed by atoms with Crippen LogP contribution in [0.15, 0.2) is 18.5 Å². The molecule has 0 radical (unpaired) electrons. The van der Waals surface area contributed by atoms with Crippen LogP contribution in [0, 0.1) is 6.92 Å². The fourth-order valence-electron chi connectivity index (χ4n) is 1.04. The number of rotatable bonds is 0. The lowest BCUT2D eigenvalue weighted by atomic mass is 10.3. The first kappa shape index (κ1) is 9.99. The van der Waals surface area contributed by atoms with Crippen molar-refractivity contribution >= 4 is 17.2 Å². The lowest BCUT2D eigenvalue weighted by Crippen LogP contribution is -1.92. The van der Waals surface area contributed by atoms with E-state index in [1.54, 1.807) is 23.0 Å². The molecule has 0 unspecified atom stereocenters. The monoisotopic (exact) mass is 197 g/mol. The van der Waals surface area contributed by atoms with Crippen molar-refractivity contribution in [2.24, 2.45) is 0 Å². The van der Waals surface area contributed by atoms with Crippen molar-refractivity contribution in [3.05, 3.63) is 29.2 Å². The number of imidazole rings is 1. The molecule has 2 aromatic rings.